The van der Waals surface area contributed by atoms with Gasteiger partial charge in [-0.1, -0.05) is 6.08 Å². The standard InChI is InChI=1S/C8H11NO2S/c1-7(11)2-4-9-8(6-10)3-5-12-9/h3,5-6,8H,2,4H2,1H3. The van der Waals surface area contributed by atoms with Crippen LogP contribution in [0.1, 0.15) is 13.3 Å². The highest BCUT2D eigenvalue weighted by Gasteiger charge is 2.19. The molecular weight excluding hydrogens is 174 g/mol. The van der Waals surface area contributed by atoms with Gasteiger partial charge in [-0.05, 0) is 24.3 Å². The van der Waals surface area contributed by atoms with Crippen LogP contribution in [0.2, 0.25) is 0 Å². The zero-order chi connectivity index (χ0) is 8.97. The molecule has 0 aromatic carbocycles. The van der Waals surface area contributed by atoms with E-state index in [1.807, 2.05) is 15.8 Å². The number of rotatable bonds is 4. The number of aldehydes is 1. The maximum atomic E-state index is 10.7. The summed E-state index contributed by atoms with van der Waals surface area (Å²) >= 11 is 1.49. The molecule has 0 aromatic rings. The van der Waals surface area contributed by atoms with Gasteiger partial charge in [0.1, 0.15) is 12.1 Å². The quantitative estimate of drug-likeness (QED) is 0.484. The zero-order valence-corrected chi connectivity index (χ0v) is 7.71. The van der Waals surface area contributed by atoms with Crippen LogP contribution in [-0.4, -0.2) is 29.0 Å². The monoisotopic (exact) mass is 185 g/mol. The summed E-state index contributed by atoms with van der Waals surface area (Å²) in [5, 5.41) is 1.87. The van der Waals surface area contributed by atoms with Gasteiger partial charge in [0.25, 0.3) is 0 Å². The molecule has 1 heterocycles. The molecule has 1 atom stereocenters. The first kappa shape index (κ1) is 9.48. The SMILES string of the molecule is CC(=O)CCN1SC=CC1C=O. The Morgan fingerprint density at radius 3 is 3.08 bits per heavy atom. The average molecular weight is 185 g/mol. The van der Waals surface area contributed by atoms with E-state index in [4.69, 9.17) is 0 Å². The van der Waals surface area contributed by atoms with E-state index in [9.17, 15) is 9.59 Å². The number of ketones is 1. The fourth-order valence-corrected chi connectivity index (χ4v) is 1.79. The van der Waals surface area contributed by atoms with Crippen molar-refractivity contribution in [3.05, 3.63) is 11.5 Å². The van der Waals surface area contributed by atoms with Crippen LogP contribution in [0.15, 0.2) is 11.5 Å². The van der Waals surface area contributed by atoms with Gasteiger partial charge in [0.2, 0.25) is 0 Å². The Balaban J connectivity index is 2.33. The summed E-state index contributed by atoms with van der Waals surface area (Å²) in [6.45, 7) is 2.21. The summed E-state index contributed by atoms with van der Waals surface area (Å²) in [7, 11) is 0. The van der Waals surface area contributed by atoms with Gasteiger partial charge < -0.3 is 4.79 Å². The molecule has 0 N–H and O–H groups in total. The minimum atomic E-state index is -0.144. The first-order valence-corrected chi connectivity index (χ1v) is 4.62. The molecule has 4 heteroatoms. The van der Waals surface area contributed by atoms with E-state index < -0.39 is 0 Å². The molecular formula is C8H11NO2S. The van der Waals surface area contributed by atoms with Crippen LogP contribution in [-0.2, 0) is 9.59 Å². The van der Waals surface area contributed by atoms with Crippen molar-refractivity contribution in [1.29, 1.82) is 0 Å². The van der Waals surface area contributed by atoms with Gasteiger partial charge in [-0.25, -0.2) is 4.31 Å². The molecule has 1 rings (SSSR count). The van der Waals surface area contributed by atoms with E-state index >= 15 is 0 Å². The number of Topliss-reactive ketones (excluding diaryl/α,β-unsaturated/α-hetero) is 1. The van der Waals surface area contributed by atoms with Crippen LogP contribution in [0.5, 0.6) is 0 Å². The fraction of sp³-hybridized carbons (Fsp3) is 0.500. The largest absolute Gasteiger partial charge is 0.301 e. The lowest BCUT2D eigenvalue weighted by molar-refractivity contribution is -0.117. The summed E-state index contributed by atoms with van der Waals surface area (Å²) in [5.74, 6) is 0.159. The predicted octanol–water partition coefficient (Wildman–Crippen LogP) is 1.01. The molecule has 1 unspecified atom stereocenters. The minimum absolute atomic E-state index is 0.144. The second-order valence-corrected chi connectivity index (χ2v) is 3.61. The Morgan fingerprint density at radius 2 is 2.50 bits per heavy atom. The molecule has 0 aromatic heterocycles. The highest BCUT2D eigenvalue weighted by atomic mass is 32.2. The van der Waals surface area contributed by atoms with Crippen LogP contribution in [0, 0.1) is 0 Å². The van der Waals surface area contributed by atoms with Gasteiger partial charge in [0, 0.05) is 13.0 Å². The molecule has 0 saturated carbocycles. The van der Waals surface area contributed by atoms with E-state index in [-0.39, 0.29) is 11.8 Å². The van der Waals surface area contributed by atoms with E-state index in [2.05, 4.69) is 0 Å². The minimum Gasteiger partial charge on any atom is -0.301 e. The van der Waals surface area contributed by atoms with E-state index in [0.29, 0.717) is 13.0 Å². The van der Waals surface area contributed by atoms with Crippen molar-refractivity contribution in [1.82, 2.24) is 4.31 Å². The average Bonchev–Trinajstić information content (AvgIpc) is 2.47. The zero-order valence-electron chi connectivity index (χ0n) is 6.90. The third-order valence-corrected chi connectivity index (χ3v) is 2.60. The number of hydrogen-bond acceptors (Lipinski definition) is 4. The summed E-state index contributed by atoms with van der Waals surface area (Å²) < 4.78 is 1.90. The number of carbonyl (C=O) groups excluding carboxylic acids is 2. The molecule has 66 valence electrons. The molecule has 0 fully saturated rings. The molecule has 0 radical (unpaired) electrons. The van der Waals surface area contributed by atoms with Crippen LogP contribution >= 0.6 is 11.9 Å². The lowest BCUT2D eigenvalue weighted by Gasteiger charge is -2.16. The van der Waals surface area contributed by atoms with E-state index in [0.717, 1.165) is 6.29 Å². The third-order valence-electron chi connectivity index (χ3n) is 1.63. The summed E-state index contributed by atoms with van der Waals surface area (Å²) in [5.41, 5.74) is 0. The van der Waals surface area contributed by atoms with E-state index in [1.54, 1.807) is 6.92 Å². The third kappa shape index (κ3) is 2.46. The Kier molecular flexibility index (Phi) is 3.49. The normalized spacial score (nSPS) is 22.9. The molecule has 0 aliphatic carbocycles. The Morgan fingerprint density at radius 1 is 1.75 bits per heavy atom. The first-order valence-electron chi connectivity index (χ1n) is 3.79. The maximum Gasteiger partial charge on any atom is 0.141 e. The van der Waals surface area contributed by atoms with Gasteiger partial charge >= 0.3 is 0 Å². The summed E-state index contributed by atoms with van der Waals surface area (Å²) in [6.07, 6.45) is 3.23. The second-order valence-electron chi connectivity index (χ2n) is 2.65. The highest BCUT2D eigenvalue weighted by molar-refractivity contribution is 8.00. The highest BCUT2D eigenvalue weighted by Crippen LogP contribution is 2.23. The van der Waals surface area contributed by atoms with Crippen LogP contribution < -0.4 is 0 Å². The molecule has 12 heavy (non-hydrogen) atoms. The predicted molar refractivity (Wildman–Crippen MR) is 48.6 cm³/mol. The molecule has 0 saturated heterocycles. The molecule has 1 aliphatic heterocycles. The van der Waals surface area contributed by atoms with Crippen LogP contribution in [0.3, 0.4) is 0 Å². The second kappa shape index (κ2) is 4.42. The van der Waals surface area contributed by atoms with Gasteiger partial charge in [-0.3, -0.25) is 4.79 Å². The van der Waals surface area contributed by atoms with Gasteiger partial charge in [0.05, 0.1) is 6.04 Å². The topological polar surface area (TPSA) is 37.4 Å². The van der Waals surface area contributed by atoms with Crippen molar-refractivity contribution in [3.63, 3.8) is 0 Å². The molecule has 1 aliphatic rings. The lowest BCUT2D eigenvalue weighted by Crippen LogP contribution is -2.27. The smallest absolute Gasteiger partial charge is 0.141 e. The van der Waals surface area contributed by atoms with Crippen molar-refractivity contribution < 1.29 is 9.59 Å². The summed E-state index contributed by atoms with van der Waals surface area (Å²) in [6, 6.07) is -0.144. The van der Waals surface area contributed by atoms with Crippen molar-refractivity contribution >= 4 is 24.0 Å². The van der Waals surface area contributed by atoms with Gasteiger partial charge in [0.15, 0.2) is 0 Å². The van der Waals surface area contributed by atoms with Crippen LogP contribution in [0.25, 0.3) is 0 Å². The molecule has 0 spiro atoms. The van der Waals surface area contributed by atoms with Crippen molar-refractivity contribution in [3.8, 4) is 0 Å². The van der Waals surface area contributed by atoms with Gasteiger partial charge in [-0.2, -0.15) is 0 Å². The Bertz CT molecular complexity index is 215. The maximum absolute atomic E-state index is 10.7. The van der Waals surface area contributed by atoms with Crippen molar-refractivity contribution in [2.24, 2.45) is 0 Å². The first-order chi connectivity index (χ1) is 5.74. The Labute approximate surface area is 75.9 Å². The fourth-order valence-electron chi connectivity index (χ4n) is 0.943. The summed E-state index contributed by atoms with van der Waals surface area (Å²) in [4.78, 5) is 21.1. The van der Waals surface area contributed by atoms with E-state index in [1.165, 1.54) is 11.9 Å². The van der Waals surface area contributed by atoms with Crippen LogP contribution in [0.4, 0.5) is 0 Å². The molecule has 0 bridgehead atoms. The van der Waals surface area contributed by atoms with Crippen molar-refractivity contribution in [2.75, 3.05) is 6.54 Å². The number of hydrogen-bond donors (Lipinski definition) is 0. The number of carbonyl (C=O) groups is 2. The molecule has 3 nitrogen and oxygen atoms in total. The Hall–Kier alpha value is -0.610. The van der Waals surface area contributed by atoms with Gasteiger partial charge in [-0.15, -0.1) is 0 Å². The molecule has 0 amide bonds. The number of nitrogens with zero attached hydrogens (tertiary/aromatic N) is 1. The lowest BCUT2D eigenvalue weighted by atomic mass is 10.3. The van der Waals surface area contributed by atoms with Crippen molar-refractivity contribution in [2.45, 2.75) is 19.4 Å².